The number of hydrogen-bond donors (Lipinski definition) is 4. The summed E-state index contributed by atoms with van der Waals surface area (Å²) < 4.78 is 14.5. The van der Waals surface area contributed by atoms with Gasteiger partial charge in [-0.05, 0) is 106 Å². The van der Waals surface area contributed by atoms with Crippen LogP contribution in [0, 0.1) is 17.8 Å². The number of benzene rings is 3. The Kier molecular flexibility index (Phi) is 9.31. The molecule has 7 aromatic rings. The van der Waals surface area contributed by atoms with Gasteiger partial charge in [0.2, 0.25) is 0 Å². The van der Waals surface area contributed by atoms with E-state index in [0.29, 0.717) is 6.42 Å². The summed E-state index contributed by atoms with van der Waals surface area (Å²) in [7, 11) is -7.00. The molecule has 0 aliphatic carbocycles. The minimum Gasteiger partial charge on any atom is -0.433 e. The van der Waals surface area contributed by atoms with E-state index in [1.165, 1.54) is 5.19 Å². The predicted molar refractivity (Wildman–Crippen MR) is 227 cm³/mol. The molecule has 0 amide bonds. The molecule has 0 unspecified atom stereocenters. The molecule has 3 aromatic carbocycles. The zero-order chi connectivity index (χ0) is 37.7. The monoisotopic (exact) mass is 761 g/mol. The molecule has 54 heavy (non-hydrogen) atoms. The summed E-state index contributed by atoms with van der Waals surface area (Å²) in [5, 5.41) is 1.17. The standard InChI is InChI=1S/C45H49N4O2Si3/c1-52(2,3)50-54(7,51-53(4,5)6)42-30-41-45(33-21-15-10-16-22-33)39-28-27-38(48-39)44(32-19-13-9-14-20-32)37-26-25-36(47-37)43(31-17-11-8-12-18-31)35-24-23-34(46-35)29-40(42)49-41/h8-28,30,46-49H,29H2,1-7H3/q+3. The number of aromatic nitrogens is 4. The van der Waals surface area contributed by atoms with Crippen molar-refractivity contribution >= 4 is 30.4 Å². The van der Waals surface area contributed by atoms with E-state index in [1.807, 2.05) is 0 Å². The van der Waals surface area contributed by atoms with Crippen molar-refractivity contribution in [3.63, 3.8) is 0 Å². The maximum absolute atomic E-state index is 7.23. The fourth-order valence-electron chi connectivity index (χ4n) is 7.91. The van der Waals surface area contributed by atoms with Crippen LogP contribution in [-0.2, 0) is 14.7 Å². The fourth-order valence-corrected chi connectivity index (χ4v) is 19.8. The summed E-state index contributed by atoms with van der Waals surface area (Å²) >= 11 is 0. The lowest BCUT2D eigenvalue weighted by Crippen LogP contribution is -2.60. The van der Waals surface area contributed by atoms with E-state index < -0.39 is 25.2 Å². The van der Waals surface area contributed by atoms with Crippen molar-refractivity contribution in [2.45, 2.75) is 52.2 Å². The third-order valence-corrected chi connectivity index (χ3v) is 19.1. The van der Waals surface area contributed by atoms with Gasteiger partial charge in [0.05, 0.1) is 41.0 Å². The minimum atomic E-state index is -2.94. The van der Waals surface area contributed by atoms with Gasteiger partial charge in [-0.1, -0.05) is 0 Å². The highest BCUT2D eigenvalue weighted by atomic mass is 28.5. The van der Waals surface area contributed by atoms with Gasteiger partial charge in [0.15, 0.2) is 16.6 Å². The third kappa shape index (κ3) is 7.38. The number of rotatable bonds is 8. The quantitative estimate of drug-likeness (QED) is 0.0919. The van der Waals surface area contributed by atoms with E-state index in [2.05, 4.69) is 199 Å². The van der Waals surface area contributed by atoms with Gasteiger partial charge in [0, 0.05) is 71.5 Å². The molecule has 0 atom stereocenters. The van der Waals surface area contributed by atoms with Crippen molar-refractivity contribution in [2.24, 2.45) is 0 Å². The number of aromatic amines is 4. The maximum Gasteiger partial charge on any atom is 0.358 e. The second kappa shape index (κ2) is 14.0. The number of hydrogen-bond acceptors (Lipinski definition) is 2. The van der Waals surface area contributed by atoms with Crippen molar-refractivity contribution in [1.29, 1.82) is 0 Å². The largest absolute Gasteiger partial charge is 0.433 e. The van der Waals surface area contributed by atoms with Gasteiger partial charge in [-0.3, -0.25) is 0 Å². The molecule has 1 aliphatic heterocycles. The Balaban J connectivity index is 1.39. The van der Waals surface area contributed by atoms with E-state index in [4.69, 9.17) is 8.23 Å². The van der Waals surface area contributed by atoms with Crippen molar-refractivity contribution in [3.8, 4) is 0 Å². The molecule has 8 rings (SSSR count). The van der Waals surface area contributed by atoms with Crippen LogP contribution in [0.4, 0.5) is 0 Å². The lowest BCUT2D eigenvalue weighted by Gasteiger charge is -2.38. The first-order chi connectivity index (χ1) is 25.8. The molecule has 5 heterocycles. The highest BCUT2D eigenvalue weighted by molar-refractivity contribution is 6.94. The van der Waals surface area contributed by atoms with E-state index in [1.54, 1.807) is 0 Å². The van der Waals surface area contributed by atoms with Gasteiger partial charge in [0.1, 0.15) is 51.9 Å². The summed E-state index contributed by atoms with van der Waals surface area (Å²) in [6, 6.07) is 47.6. The Morgan fingerprint density at radius 3 is 1.20 bits per heavy atom. The molecule has 9 heteroatoms. The Morgan fingerprint density at radius 1 is 0.426 bits per heavy atom. The highest BCUT2D eigenvalue weighted by Crippen LogP contribution is 2.38. The van der Waals surface area contributed by atoms with Crippen molar-refractivity contribution in [2.75, 3.05) is 0 Å². The third-order valence-electron chi connectivity index (χ3n) is 9.68. The average Bonchev–Trinajstić information content (AvgIpc) is 3.95. The smallest absolute Gasteiger partial charge is 0.358 e. The summed E-state index contributed by atoms with van der Waals surface area (Å²) in [5.74, 6) is 3.33. The molecular weight excluding hydrogens is 713 g/mol. The zero-order valence-corrected chi connectivity index (χ0v) is 35.2. The lowest BCUT2D eigenvalue weighted by atomic mass is 9.92. The lowest BCUT2D eigenvalue weighted by molar-refractivity contribution is 0.404. The molecule has 0 fully saturated rings. The topological polar surface area (TPSA) is 81.6 Å². The molecule has 8 bridgehead atoms. The van der Waals surface area contributed by atoms with Crippen LogP contribution in [0.2, 0.25) is 45.8 Å². The Bertz CT molecular complexity index is 2310. The molecule has 0 saturated carbocycles. The first-order valence-electron chi connectivity index (χ1n) is 18.8. The van der Waals surface area contributed by atoms with E-state index in [9.17, 15) is 0 Å². The van der Waals surface area contributed by atoms with Crippen molar-refractivity contribution in [1.82, 2.24) is 19.9 Å². The molecular formula is C45H49N4O2Si3+3. The van der Waals surface area contributed by atoms with Crippen LogP contribution in [0.1, 0.15) is 62.2 Å². The Hall–Kier alpha value is -5.04. The maximum atomic E-state index is 7.23. The van der Waals surface area contributed by atoms with Crippen molar-refractivity contribution < 1.29 is 8.23 Å². The molecule has 6 nitrogen and oxygen atoms in total. The first kappa shape index (κ1) is 36.0. The van der Waals surface area contributed by atoms with Crippen LogP contribution in [-0.4, -0.2) is 45.1 Å². The summed E-state index contributed by atoms with van der Waals surface area (Å²) in [6.07, 6.45) is 0.671. The molecule has 1 aliphatic rings. The molecule has 0 spiro atoms. The van der Waals surface area contributed by atoms with Crippen LogP contribution >= 0.6 is 0 Å². The molecule has 0 radical (unpaired) electrons. The van der Waals surface area contributed by atoms with Gasteiger partial charge >= 0.3 is 8.56 Å². The summed E-state index contributed by atoms with van der Waals surface area (Å²) in [4.78, 5) is 15.6. The minimum absolute atomic E-state index is 0.671. The molecule has 270 valence electrons. The average molecular weight is 762 g/mol. The van der Waals surface area contributed by atoms with Gasteiger partial charge in [-0.25, -0.2) is 0 Å². The van der Waals surface area contributed by atoms with Crippen LogP contribution < -0.4 is 5.19 Å². The van der Waals surface area contributed by atoms with Gasteiger partial charge in [0.25, 0.3) is 0 Å². The number of fused-ring (bicyclic) bond motifs is 8. The van der Waals surface area contributed by atoms with Gasteiger partial charge < -0.3 is 28.2 Å². The summed E-state index contributed by atoms with van der Waals surface area (Å²) in [6.45, 7) is 15.9. The second-order valence-electron chi connectivity index (χ2n) is 16.3. The van der Waals surface area contributed by atoms with Crippen LogP contribution in [0.3, 0.4) is 0 Å². The molecule has 4 aromatic heterocycles. The summed E-state index contributed by atoms with van der Waals surface area (Å²) in [5.41, 5.74) is 11.9. The molecule has 0 saturated heterocycles. The van der Waals surface area contributed by atoms with Gasteiger partial charge in [-0.2, -0.15) is 0 Å². The molecule has 4 N–H and O–H groups in total. The van der Waals surface area contributed by atoms with Crippen molar-refractivity contribution in [3.05, 3.63) is 213 Å². The van der Waals surface area contributed by atoms with E-state index in [0.717, 1.165) is 80.0 Å². The van der Waals surface area contributed by atoms with E-state index >= 15 is 0 Å². The van der Waals surface area contributed by atoms with Crippen LogP contribution in [0.25, 0.3) is 0 Å². The predicted octanol–water partition coefficient (Wildman–Crippen LogP) is 9.94. The van der Waals surface area contributed by atoms with Crippen LogP contribution in [0.15, 0.2) is 133 Å². The Morgan fingerprint density at radius 2 is 0.796 bits per heavy atom. The zero-order valence-electron chi connectivity index (χ0n) is 32.2. The second-order valence-corrected chi connectivity index (χ2v) is 28.8. The Labute approximate surface area is 322 Å². The van der Waals surface area contributed by atoms with Crippen LogP contribution in [0.5, 0.6) is 0 Å². The number of H-pyrrole nitrogens is 4. The normalized spacial score (nSPS) is 13.8. The number of nitrogens with one attached hydrogen (secondary N) is 4. The fraction of sp³-hybridized carbons (Fsp3) is 0.178. The van der Waals surface area contributed by atoms with E-state index in [-0.39, 0.29) is 0 Å². The SMILES string of the molecule is C[Si](C)(C)O[Si](C)(O[Si](C)(C)C)c1cc2[nH]c1Cc1ccc([nH]1)[C+](c1ccccc1)c1ccc([nH]1)[C+](c1ccccc1)c1ccc([nH]1)[C+]2c1ccccc1. The highest BCUT2D eigenvalue weighted by Gasteiger charge is 2.46. The first-order valence-corrected chi connectivity index (χ1v) is 27.9. The van der Waals surface area contributed by atoms with Gasteiger partial charge in [-0.15, -0.1) is 0 Å².